The van der Waals surface area contributed by atoms with Gasteiger partial charge in [0.05, 0.1) is 6.04 Å². The van der Waals surface area contributed by atoms with E-state index < -0.39 is 5.97 Å². The van der Waals surface area contributed by atoms with Crippen LogP contribution < -0.4 is 5.73 Å². The van der Waals surface area contributed by atoms with Crippen molar-refractivity contribution < 1.29 is 14.7 Å². The van der Waals surface area contributed by atoms with Crippen molar-refractivity contribution in [2.45, 2.75) is 44.6 Å². The molecule has 0 bridgehead atoms. The summed E-state index contributed by atoms with van der Waals surface area (Å²) in [7, 11) is 0. The van der Waals surface area contributed by atoms with Crippen LogP contribution in [0.5, 0.6) is 0 Å². The van der Waals surface area contributed by atoms with Gasteiger partial charge in [-0.3, -0.25) is 9.59 Å². The molecule has 0 radical (unpaired) electrons. The zero-order chi connectivity index (χ0) is 12.4. The molecule has 0 aliphatic rings. The molecular weight excluding hydrogens is 226 g/mol. The lowest BCUT2D eigenvalue weighted by Gasteiger charge is -2.09. The van der Waals surface area contributed by atoms with Crippen LogP contribution in [0.4, 0.5) is 0 Å². The largest absolute Gasteiger partial charge is 0.481 e. The van der Waals surface area contributed by atoms with E-state index in [2.05, 4.69) is 0 Å². The molecule has 5 heteroatoms. The Bertz CT molecular complexity index is 221. The highest BCUT2D eigenvalue weighted by molar-refractivity contribution is 7.98. The first-order chi connectivity index (χ1) is 7.57. The van der Waals surface area contributed by atoms with Gasteiger partial charge in [-0.15, -0.1) is 0 Å². The number of carboxylic acid groups (broad SMARTS) is 1. The number of carbonyl (C=O) groups is 2. The number of carbonyl (C=O) groups excluding carboxylic acids is 1. The number of hydrogen-bond donors (Lipinski definition) is 2. The predicted octanol–water partition coefficient (Wildman–Crippen LogP) is 1.67. The maximum Gasteiger partial charge on any atom is 0.303 e. The summed E-state index contributed by atoms with van der Waals surface area (Å²) in [5.41, 5.74) is 5.71. The molecule has 0 amide bonds. The maximum absolute atomic E-state index is 11.5. The van der Waals surface area contributed by atoms with E-state index in [4.69, 9.17) is 10.8 Å². The molecule has 0 aromatic rings. The summed E-state index contributed by atoms with van der Waals surface area (Å²) in [4.78, 5) is 21.7. The molecule has 0 saturated carbocycles. The van der Waals surface area contributed by atoms with E-state index in [9.17, 15) is 9.59 Å². The second-order valence-electron chi connectivity index (χ2n) is 3.81. The third-order valence-corrected chi connectivity index (χ3v) is 3.00. The first kappa shape index (κ1) is 15.4. The van der Waals surface area contributed by atoms with Gasteiger partial charge in [0.2, 0.25) is 0 Å². The molecule has 0 aromatic carbocycles. The van der Waals surface area contributed by atoms with E-state index in [1.807, 2.05) is 6.26 Å². The zero-order valence-electron chi connectivity index (χ0n) is 9.78. The van der Waals surface area contributed by atoms with E-state index in [-0.39, 0.29) is 18.2 Å². The Morgan fingerprint density at radius 3 is 2.44 bits per heavy atom. The maximum atomic E-state index is 11.5. The van der Waals surface area contributed by atoms with Crippen LogP contribution in [-0.4, -0.2) is 34.9 Å². The molecule has 0 saturated heterocycles. The fraction of sp³-hybridized carbons (Fsp3) is 0.818. The number of nitrogens with two attached hydrogens (primary N) is 1. The van der Waals surface area contributed by atoms with Crippen molar-refractivity contribution in [1.29, 1.82) is 0 Å². The van der Waals surface area contributed by atoms with E-state index in [1.54, 1.807) is 11.8 Å². The lowest BCUT2D eigenvalue weighted by Crippen LogP contribution is -2.30. The molecule has 94 valence electrons. The number of rotatable bonds is 10. The monoisotopic (exact) mass is 247 g/mol. The van der Waals surface area contributed by atoms with Gasteiger partial charge in [-0.25, -0.2) is 0 Å². The topological polar surface area (TPSA) is 80.4 Å². The molecule has 0 aliphatic carbocycles. The van der Waals surface area contributed by atoms with Crippen molar-refractivity contribution in [2.75, 3.05) is 12.0 Å². The summed E-state index contributed by atoms with van der Waals surface area (Å²) in [5, 5.41) is 8.42. The average molecular weight is 247 g/mol. The highest BCUT2D eigenvalue weighted by atomic mass is 32.2. The van der Waals surface area contributed by atoms with Gasteiger partial charge >= 0.3 is 5.97 Å². The lowest BCUT2D eigenvalue weighted by molar-refractivity contribution is -0.137. The molecule has 3 N–H and O–H groups in total. The van der Waals surface area contributed by atoms with Crippen molar-refractivity contribution in [3.05, 3.63) is 0 Å². The molecule has 0 heterocycles. The fourth-order valence-corrected chi connectivity index (χ4v) is 1.83. The molecule has 0 spiro atoms. The van der Waals surface area contributed by atoms with Crippen LogP contribution in [0.15, 0.2) is 0 Å². The average Bonchev–Trinajstić information content (AvgIpc) is 2.24. The van der Waals surface area contributed by atoms with Gasteiger partial charge in [0.15, 0.2) is 0 Å². The van der Waals surface area contributed by atoms with Crippen LogP contribution in [-0.2, 0) is 9.59 Å². The quantitative estimate of drug-likeness (QED) is 0.574. The standard InChI is InChI=1S/C11H21NO3S/c1-16-8-7-9(12)10(13)5-3-2-4-6-11(14)15/h9H,2-8,12H2,1H3,(H,14,15)/t9-/m0/s1. The zero-order valence-corrected chi connectivity index (χ0v) is 10.6. The van der Waals surface area contributed by atoms with Gasteiger partial charge in [0, 0.05) is 12.8 Å². The van der Waals surface area contributed by atoms with Crippen LogP contribution in [0.2, 0.25) is 0 Å². The van der Waals surface area contributed by atoms with E-state index in [1.165, 1.54) is 0 Å². The molecule has 0 rings (SSSR count). The molecule has 0 fully saturated rings. The molecule has 1 atom stereocenters. The van der Waals surface area contributed by atoms with Gasteiger partial charge in [0.25, 0.3) is 0 Å². The molecule has 4 nitrogen and oxygen atoms in total. The molecule has 0 aliphatic heterocycles. The number of aliphatic carboxylic acids is 1. The van der Waals surface area contributed by atoms with E-state index in [0.717, 1.165) is 25.0 Å². The Labute approximate surface area is 101 Å². The summed E-state index contributed by atoms with van der Waals surface area (Å²) in [5.74, 6) is 0.235. The molecular formula is C11H21NO3S. The summed E-state index contributed by atoms with van der Waals surface area (Å²) in [6, 6.07) is -0.341. The summed E-state index contributed by atoms with van der Waals surface area (Å²) < 4.78 is 0. The van der Waals surface area contributed by atoms with Gasteiger partial charge in [-0.1, -0.05) is 6.42 Å². The third kappa shape index (κ3) is 8.73. The summed E-state index contributed by atoms with van der Waals surface area (Å²) in [6.07, 6.45) is 5.56. The number of Topliss-reactive ketones (excluding diaryl/α,β-unsaturated/α-hetero) is 1. The minimum absolute atomic E-state index is 0.101. The van der Waals surface area contributed by atoms with Crippen molar-refractivity contribution >= 4 is 23.5 Å². The van der Waals surface area contributed by atoms with Gasteiger partial charge < -0.3 is 10.8 Å². The van der Waals surface area contributed by atoms with Crippen LogP contribution >= 0.6 is 11.8 Å². The number of unbranched alkanes of at least 4 members (excludes halogenated alkanes) is 2. The van der Waals surface area contributed by atoms with Gasteiger partial charge in [-0.2, -0.15) is 11.8 Å². The SMILES string of the molecule is CSCC[C@H](N)C(=O)CCCCCC(=O)O. The van der Waals surface area contributed by atoms with Crippen LogP contribution in [0, 0.1) is 0 Å². The first-order valence-electron chi connectivity index (χ1n) is 5.57. The molecule has 0 aromatic heterocycles. The lowest BCUT2D eigenvalue weighted by atomic mass is 10.0. The van der Waals surface area contributed by atoms with Crippen LogP contribution in [0.1, 0.15) is 38.5 Å². The fourth-order valence-electron chi connectivity index (χ4n) is 1.34. The second kappa shape index (κ2) is 9.66. The van der Waals surface area contributed by atoms with E-state index >= 15 is 0 Å². The number of thioether (sulfide) groups is 1. The normalized spacial score (nSPS) is 12.4. The van der Waals surface area contributed by atoms with Gasteiger partial charge in [0.1, 0.15) is 5.78 Å². The Morgan fingerprint density at radius 1 is 1.25 bits per heavy atom. The van der Waals surface area contributed by atoms with Gasteiger partial charge in [-0.05, 0) is 31.3 Å². The minimum Gasteiger partial charge on any atom is -0.481 e. The highest BCUT2D eigenvalue weighted by Crippen LogP contribution is 2.07. The summed E-state index contributed by atoms with van der Waals surface area (Å²) in [6.45, 7) is 0. The smallest absolute Gasteiger partial charge is 0.303 e. The van der Waals surface area contributed by atoms with Crippen molar-refractivity contribution in [3.63, 3.8) is 0 Å². The number of ketones is 1. The molecule has 16 heavy (non-hydrogen) atoms. The highest BCUT2D eigenvalue weighted by Gasteiger charge is 2.12. The number of carboxylic acids is 1. The number of hydrogen-bond acceptors (Lipinski definition) is 4. The van der Waals surface area contributed by atoms with Crippen molar-refractivity contribution in [1.82, 2.24) is 0 Å². The van der Waals surface area contributed by atoms with Crippen LogP contribution in [0.3, 0.4) is 0 Å². The van der Waals surface area contributed by atoms with Crippen molar-refractivity contribution in [2.24, 2.45) is 5.73 Å². The Morgan fingerprint density at radius 2 is 1.88 bits per heavy atom. The van der Waals surface area contributed by atoms with E-state index in [0.29, 0.717) is 12.8 Å². The summed E-state index contributed by atoms with van der Waals surface area (Å²) >= 11 is 1.69. The minimum atomic E-state index is -0.775. The molecule has 0 unspecified atom stereocenters. The Kier molecular flexibility index (Phi) is 9.33. The Balaban J connectivity index is 3.45. The van der Waals surface area contributed by atoms with Crippen molar-refractivity contribution in [3.8, 4) is 0 Å². The Hall–Kier alpha value is -0.550. The third-order valence-electron chi connectivity index (χ3n) is 2.36. The van der Waals surface area contributed by atoms with Crippen LogP contribution in [0.25, 0.3) is 0 Å². The predicted molar refractivity (Wildman–Crippen MR) is 66.7 cm³/mol. The second-order valence-corrected chi connectivity index (χ2v) is 4.79. The first-order valence-corrected chi connectivity index (χ1v) is 6.96.